The van der Waals surface area contributed by atoms with E-state index in [0.29, 0.717) is 0 Å². The fraction of sp³-hybridized carbons (Fsp3) is 0.0123. The van der Waals surface area contributed by atoms with Crippen LogP contribution in [0.3, 0.4) is 0 Å². The highest BCUT2D eigenvalue weighted by atomic mass is 15.1. The van der Waals surface area contributed by atoms with E-state index < -0.39 is 6.17 Å². The number of rotatable bonds is 13. The SMILES string of the molecule is C1=C(c2cc(-c3ccccc3)cc(-c3ccccc3)c2)NC(c2cc(-c3ccccc3)cc(-c3ccccc3)c2)N=C1c1ccc(-c2cccc(-c3c(-c4ccccc4)c(-c4ccccc4)nc(-c4ccccc4)c3-c3ccccc3)c2)cc1. The fourth-order valence-electron chi connectivity index (χ4n) is 11.7. The minimum absolute atomic E-state index is 0.414. The first-order valence-corrected chi connectivity index (χ1v) is 28.7. The van der Waals surface area contributed by atoms with Crippen molar-refractivity contribution in [2.24, 2.45) is 4.99 Å². The van der Waals surface area contributed by atoms with Crippen molar-refractivity contribution in [3.63, 3.8) is 0 Å². The van der Waals surface area contributed by atoms with Crippen molar-refractivity contribution in [3.8, 4) is 112 Å². The Morgan fingerprint density at radius 2 is 0.536 bits per heavy atom. The van der Waals surface area contributed by atoms with Gasteiger partial charge >= 0.3 is 0 Å². The zero-order chi connectivity index (χ0) is 56.0. The van der Waals surface area contributed by atoms with E-state index in [0.717, 1.165) is 140 Å². The predicted molar refractivity (Wildman–Crippen MR) is 352 cm³/mol. The lowest BCUT2D eigenvalue weighted by molar-refractivity contribution is 0.664. The number of pyridine rings is 1. The highest BCUT2D eigenvalue weighted by molar-refractivity contribution is 6.13. The molecule has 3 nitrogen and oxygen atoms in total. The molecule has 0 radical (unpaired) electrons. The van der Waals surface area contributed by atoms with Crippen molar-refractivity contribution in [2.45, 2.75) is 6.17 Å². The van der Waals surface area contributed by atoms with Crippen LogP contribution >= 0.6 is 0 Å². The third kappa shape index (κ3) is 10.6. The Bertz CT molecular complexity index is 4270. The highest BCUT2D eigenvalue weighted by Crippen LogP contribution is 2.49. The molecule has 0 fully saturated rings. The third-order valence-electron chi connectivity index (χ3n) is 15.9. The Morgan fingerprint density at radius 1 is 0.226 bits per heavy atom. The summed E-state index contributed by atoms with van der Waals surface area (Å²) in [7, 11) is 0. The summed E-state index contributed by atoms with van der Waals surface area (Å²) < 4.78 is 0. The second kappa shape index (κ2) is 23.2. The molecule has 1 aromatic heterocycles. The maximum Gasteiger partial charge on any atom is 0.145 e. The van der Waals surface area contributed by atoms with Crippen LogP contribution in [0, 0.1) is 0 Å². The molecule has 396 valence electrons. The Labute approximate surface area is 492 Å². The standard InChI is InChI=1S/C81H57N3/c1-9-26-56(27-10-1)68-49-69(57-28-11-2-12-29-57)52-72(51-68)75-55-74(82-81(83-75)73-53-70(58-30-13-3-14-31-58)50-71(54-73)59-32-15-4-16-33-59)61-46-44-60(45-47-61)66-42-25-43-67(48-66)76-77(62-34-17-5-18-35-62)79(64-38-21-7-22-39-64)84-80(65-40-23-8-24-41-65)78(76)63-36-19-6-20-37-63/h1-55,81,83H. The molecule has 3 heteroatoms. The second-order valence-electron chi connectivity index (χ2n) is 21.3. The summed E-state index contributed by atoms with van der Waals surface area (Å²) in [6.45, 7) is 0. The van der Waals surface area contributed by atoms with Gasteiger partial charge in [-0.25, -0.2) is 4.98 Å². The number of nitrogens with one attached hydrogen (secondary N) is 1. The molecular weight excluding hydrogens is 1010 g/mol. The lowest BCUT2D eigenvalue weighted by Crippen LogP contribution is -2.25. The van der Waals surface area contributed by atoms with Crippen LogP contribution in [0.5, 0.6) is 0 Å². The zero-order valence-corrected chi connectivity index (χ0v) is 46.2. The monoisotopic (exact) mass is 1070 g/mol. The van der Waals surface area contributed by atoms with E-state index in [4.69, 9.17) is 9.98 Å². The van der Waals surface area contributed by atoms with E-state index in [1.54, 1.807) is 0 Å². The molecule has 0 saturated heterocycles. The largest absolute Gasteiger partial charge is 0.360 e. The summed E-state index contributed by atoms with van der Waals surface area (Å²) in [5.41, 5.74) is 27.0. The molecule has 84 heavy (non-hydrogen) atoms. The van der Waals surface area contributed by atoms with Crippen molar-refractivity contribution in [1.29, 1.82) is 0 Å². The van der Waals surface area contributed by atoms with Gasteiger partial charge in [0.2, 0.25) is 0 Å². The van der Waals surface area contributed by atoms with E-state index >= 15 is 0 Å². The molecule has 0 bridgehead atoms. The van der Waals surface area contributed by atoms with E-state index in [9.17, 15) is 0 Å². The van der Waals surface area contributed by atoms with Gasteiger partial charge < -0.3 is 5.32 Å². The molecule has 12 aromatic carbocycles. The van der Waals surface area contributed by atoms with Gasteiger partial charge in [-0.2, -0.15) is 0 Å². The molecule has 1 N–H and O–H groups in total. The number of hydrogen-bond donors (Lipinski definition) is 1. The molecule has 1 atom stereocenters. The van der Waals surface area contributed by atoms with Crippen LogP contribution < -0.4 is 5.32 Å². The van der Waals surface area contributed by atoms with Gasteiger partial charge in [0, 0.05) is 33.5 Å². The summed E-state index contributed by atoms with van der Waals surface area (Å²) >= 11 is 0. The number of aliphatic imine (C=N–C) groups is 1. The van der Waals surface area contributed by atoms with Gasteiger partial charge in [-0.05, 0) is 138 Å². The van der Waals surface area contributed by atoms with Gasteiger partial charge in [0.1, 0.15) is 6.17 Å². The van der Waals surface area contributed by atoms with Crippen LogP contribution in [0.15, 0.2) is 339 Å². The van der Waals surface area contributed by atoms with Gasteiger partial charge in [-0.15, -0.1) is 0 Å². The van der Waals surface area contributed by atoms with E-state index in [2.05, 4.69) is 339 Å². The quantitative estimate of drug-likeness (QED) is 0.125. The molecule has 1 aliphatic rings. The maximum atomic E-state index is 5.69. The second-order valence-corrected chi connectivity index (χ2v) is 21.3. The first-order valence-electron chi connectivity index (χ1n) is 28.7. The minimum atomic E-state index is -0.414. The van der Waals surface area contributed by atoms with Crippen molar-refractivity contribution < 1.29 is 0 Å². The summed E-state index contributed by atoms with van der Waals surface area (Å²) in [6.07, 6.45) is 1.82. The molecule has 13 aromatic rings. The first-order chi connectivity index (χ1) is 41.6. The first kappa shape index (κ1) is 51.2. The Morgan fingerprint density at radius 3 is 0.952 bits per heavy atom. The number of hydrogen-bond acceptors (Lipinski definition) is 3. The molecule has 1 aliphatic heterocycles. The summed E-state index contributed by atoms with van der Waals surface area (Å²) in [4.78, 5) is 11.3. The highest BCUT2D eigenvalue weighted by Gasteiger charge is 2.27. The molecule has 0 spiro atoms. The number of benzene rings is 12. The zero-order valence-electron chi connectivity index (χ0n) is 46.2. The van der Waals surface area contributed by atoms with Crippen molar-refractivity contribution in [3.05, 3.63) is 350 Å². The van der Waals surface area contributed by atoms with Gasteiger partial charge in [0.25, 0.3) is 0 Å². The van der Waals surface area contributed by atoms with E-state index in [1.807, 2.05) is 0 Å². The van der Waals surface area contributed by atoms with Crippen molar-refractivity contribution in [1.82, 2.24) is 10.3 Å². The minimum Gasteiger partial charge on any atom is -0.360 e. The van der Waals surface area contributed by atoms with E-state index in [-0.39, 0.29) is 0 Å². The Balaban J connectivity index is 0.925. The topological polar surface area (TPSA) is 37.3 Å². The Kier molecular flexibility index (Phi) is 14.1. The maximum absolute atomic E-state index is 5.69. The number of nitrogens with zero attached hydrogens (tertiary/aromatic N) is 2. The predicted octanol–water partition coefficient (Wildman–Crippen LogP) is 20.9. The average Bonchev–Trinajstić information content (AvgIpc) is 1.95. The van der Waals surface area contributed by atoms with Crippen LogP contribution in [0.1, 0.15) is 22.9 Å². The number of allylic oxidation sites excluding steroid dienone is 1. The van der Waals surface area contributed by atoms with Gasteiger partial charge in [0.15, 0.2) is 0 Å². The van der Waals surface area contributed by atoms with Crippen molar-refractivity contribution >= 4 is 11.4 Å². The molecule has 14 rings (SSSR count). The smallest absolute Gasteiger partial charge is 0.145 e. The normalized spacial score (nSPS) is 12.9. The lowest BCUT2D eigenvalue weighted by Gasteiger charge is -2.26. The van der Waals surface area contributed by atoms with Gasteiger partial charge in [0.05, 0.1) is 17.1 Å². The van der Waals surface area contributed by atoms with Crippen LogP contribution in [0.4, 0.5) is 0 Å². The van der Waals surface area contributed by atoms with Gasteiger partial charge in [-0.3, -0.25) is 4.99 Å². The summed E-state index contributed by atoms with van der Waals surface area (Å²) in [5, 5.41) is 3.99. The van der Waals surface area contributed by atoms with Crippen molar-refractivity contribution in [2.75, 3.05) is 0 Å². The molecule has 0 amide bonds. The van der Waals surface area contributed by atoms with Crippen LogP contribution in [-0.2, 0) is 0 Å². The third-order valence-corrected chi connectivity index (χ3v) is 15.9. The molecule has 1 unspecified atom stereocenters. The van der Waals surface area contributed by atoms with Crippen LogP contribution in [0.2, 0.25) is 0 Å². The number of aromatic nitrogens is 1. The molecule has 0 aliphatic carbocycles. The lowest BCUT2D eigenvalue weighted by atomic mass is 9.82. The Hall–Kier alpha value is -11.0. The van der Waals surface area contributed by atoms with Crippen LogP contribution in [-0.4, -0.2) is 10.7 Å². The molecule has 0 saturated carbocycles. The summed E-state index contributed by atoms with van der Waals surface area (Å²) in [6, 6.07) is 117. The molecule has 2 heterocycles. The van der Waals surface area contributed by atoms with Gasteiger partial charge in [-0.1, -0.05) is 285 Å². The van der Waals surface area contributed by atoms with Crippen LogP contribution in [0.25, 0.3) is 117 Å². The molecular formula is C81H57N3. The summed E-state index contributed by atoms with van der Waals surface area (Å²) in [5.74, 6) is 0. The van der Waals surface area contributed by atoms with E-state index in [1.165, 1.54) is 0 Å². The fourth-order valence-corrected chi connectivity index (χ4v) is 11.7. The average molecular weight is 1070 g/mol.